The Balaban J connectivity index is 1.77. The zero-order valence-corrected chi connectivity index (χ0v) is 13.5. The third kappa shape index (κ3) is 3.44. The van der Waals surface area contributed by atoms with Gasteiger partial charge in [0.2, 0.25) is 0 Å². The maximum absolute atomic E-state index is 12.3. The van der Waals surface area contributed by atoms with Crippen LogP contribution in [0, 0.1) is 6.92 Å². The first-order chi connectivity index (χ1) is 10.2. The zero-order chi connectivity index (χ0) is 14.7. The molecule has 21 heavy (non-hydrogen) atoms. The number of anilines is 1. The van der Waals surface area contributed by atoms with Crippen LogP contribution in [0.2, 0.25) is 0 Å². The van der Waals surface area contributed by atoms with Crippen LogP contribution in [0.25, 0.3) is 0 Å². The molecule has 0 aromatic heterocycles. The van der Waals surface area contributed by atoms with Crippen LogP contribution < -0.4 is 5.32 Å². The van der Waals surface area contributed by atoms with E-state index < -0.39 is 0 Å². The number of carbonyl (C=O) groups excluding carboxylic acids is 1. The maximum atomic E-state index is 12.3. The highest BCUT2D eigenvalue weighted by atomic mass is 32.2. The molecule has 3 rings (SSSR count). The molecule has 0 atom stereocenters. The van der Waals surface area contributed by atoms with Crippen molar-refractivity contribution < 1.29 is 4.79 Å². The third-order valence-corrected chi connectivity index (χ3v) is 6.53. The number of rotatable bonds is 3. The Bertz CT molecular complexity index is 651. The van der Waals surface area contributed by atoms with Crippen LogP contribution in [-0.2, 0) is 0 Å². The number of aryl methyl sites for hydroxylation is 1. The van der Waals surface area contributed by atoms with Crippen molar-refractivity contribution in [1.29, 1.82) is 0 Å². The monoisotopic (exact) mass is 315 g/mol. The lowest BCUT2D eigenvalue weighted by molar-refractivity contribution is 0.102. The number of carbonyl (C=O) groups is 1. The van der Waals surface area contributed by atoms with Gasteiger partial charge in [0.15, 0.2) is 0 Å². The standard InChI is InChI=1S/C17H17NOS2/c1-12-5-2-3-8-15(12)16(19)18-14-7-4-6-13(11-14)17-20-9-10-21-17/h2-8,11,17H,9-10H2,1H3,(H,18,19). The summed E-state index contributed by atoms with van der Waals surface area (Å²) in [6, 6.07) is 15.8. The SMILES string of the molecule is Cc1ccccc1C(=O)Nc1cccc(C2SCCS2)c1. The van der Waals surface area contributed by atoms with Crippen molar-refractivity contribution in [2.24, 2.45) is 0 Å². The van der Waals surface area contributed by atoms with Gasteiger partial charge >= 0.3 is 0 Å². The lowest BCUT2D eigenvalue weighted by Gasteiger charge is -2.12. The quantitative estimate of drug-likeness (QED) is 0.888. The molecular formula is C17H17NOS2. The molecule has 0 unspecified atom stereocenters. The van der Waals surface area contributed by atoms with E-state index in [0.717, 1.165) is 16.8 Å². The largest absolute Gasteiger partial charge is 0.322 e. The van der Waals surface area contributed by atoms with Gasteiger partial charge in [-0.15, -0.1) is 23.5 Å². The van der Waals surface area contributed by atoms with Crippen molar-refractivity contribution in [3.05, 3.63) is 65.2 Å². The molecule has 2 aromatic carbocycles. The summed E-state index contributed by atoms with van der Waals surface area (Å²) in [6.45, 7) is 1.96. The number of nitrogens with one attached hydrogen (secondary N) is 1. The molecule has 108 valence electrons. The van der Waals surface area contributed by atoms with Crippen molar-refractivity contribution in [2.75, 3.05) is 16.8 Å². The molecule has 2 nitrogen and oxygen atoms in total. The minimum absolute atomic E-state index is 0.0445. The minimum atomic E-state index is -0.0445. The average Bonchev–Trinajstić information content (AvgIpc) is 3.02. The van der Waals surface area contributed by atoms with E-state index in [-0.39, 0.29) is 5.91 Å². The Labute approximate surface area is 133 Å². The Hall–Kier alpha value is -1.39. The van der Waals surface area contributed by atoms with Gasteiger partial charge in [-0.3, -0.25) is 4.79 Å². The van der Waals surface area contributed by atoms with Crippen molar-refractivity contribution in [3.8, 4) is 0 Å². The van der Waals surface area contributed by atoms with E-state index in [1.807, 2.05) is 66.8 Å². The maximum Gasteiger partial charge on any atom is 0.255 e. The molecule has 1 saturated heterocycles. The summed E-state index contributed by atoms with van der Waals surface area (Å²) < 4.78 is 0.500. The molecule has 0 aliphatic carbocycles. The summed E-state index contributed by atoms with van der Waals surface area (Å²) in [5, 5.41) is 3.01. The molecule has 2 aromatic rings. The smallest absolute Gasteiger partial charge is 0.255 e. The molecule has 0 saturated carbocycles. The van der Waals surface area contributed by atoms with Gasteiger partial charge in [-0.25, -0.2) is 0 Å². The fourth-order valence-corrected chi connectivity index (χ4v) is 5.18. The minimum Gasteiger partial charge on any atom is -0.322 e. The highest BCUT2D eigenvalue weighted by molar-refractivity contribution is 8.19. The van der Waals surface area contributed by atoms with Gasteiger partial charge in [0, 0.05) is 22.8 Å². The fraction of sp³-hybridized carbons (Fsp3) is 0.235. The molecule has 0 bridgehead atoms. The van der Waals surface area contributed by atoms with Gasteiger partial charge in [0.25, 0.3) is 5.91 Å². The molecule has 4 heteroatoms. The summed E-state index contributed by atoms with van der Waals surface area (Å²) in [6.07, 6.45) is 0. The second-order valence-corrected chi connectivity index (χ2v) is 7.69. The van der Waals surface area contributed by atoms with Crippen LogP contribution in [0.1, 0.15) is 26.1 Å². The lowest BCUT2D eigenvalue weighted by Crippen LogP contribution is -2.13. The number of amides is 1. The Morgan fingerprint density at radius 3 is 2.62 bits per heavy atom. The lowest BCUT2D eigenvalue weighted by atomic mass is 10.1. The van der Waals surface area contributed by atoms with Crippen LogP contribution in [0.15, 0.2) is 48.5 Å². The van der Waals surface area contributed by atoms with E-state index in [0.29, 0.717) is 4.58 Å². The molecule has 1 amide bonds. The first-order valence-electron chi connectivity index (χ1n) is 6.94. The van der Waals surface area contributed by atoms with Crippen molar-refractivity contribution in [3.63, 3.8) is 0 Å². The van der Waals surface area contributed by atoms with Gasteiger partial charge in [0.1, 0.15) is 0 Å². The average molecular weight is 315 g/mol. The van der Waals surface area contributed by atoms with E-state index in [1.54, 1.807) is 0 Å². The second-order valence-electron chi connectivity index (χ2n) is 4.97. The van der Waals surface area contributed by atoms with Crippen molar-refractivity contribution in [2.45, 2.75) is 11.5 Å². The normalized spacial score (nSPS) is 15.1. The molecule has 0 spiro atoms. The molecule has 1 heterocycles. The van der Waals surface area contributed by atoms with E-state index >= 15 is 0 Å². The molecule has 0 radical (unpaired) electrons. The van der Waals surface area contributed by atoms with E-state index in [2.05, 4.69) is 17.4 Å². The van der Waals surface area contributed by atoms with Gasteiger partial charge in [-0.05, 0) is 36.2 Å². The molecule has 1 fully saturated rings. The van der Waals surface area contributed by atoms with Gasteiger partial charge < -0.3 is 5.32 Å². The van der Waals surface area contributed by atoms with E-state index in [1.165, 1.54) is 17.1 Å². The summed E-state index contributed by atoms with van der Waals surface area (Å²) in [7, 11) is 0. The van der Waals surface area contributed by atoms with Crippen LogP contribution in [-0.4, -0.2) is 17.4 Å². The molecule has 1 aliphatic rings. The van der Waals surface area contributed by atoms with Crippen LogP contribution >= 0.6 is 23.5 Å². The predicted molar refractivity (Wildman–Crippen MR) is 93.2 cm³/mol. The van der Waals surface area contributed by atoms with Crippen LogP contribution in [0.5, 0.6) is 0 Å². The van der Waals surface area contributed by atoms with Gasteiger partial charge in [0.05, 0.1) is 4.58 Å². The van der Waals surface area contributed by atoms with Crippen molar-refractivity contribution in [1.82, 2.24) is 0 Å². The Morgan fingerprint density at radius 1 is 1.10 bits per heavy atom. The van der Waals surface area contributed by atoms with Crippen LogP contribution in [0.4, 0.5) is 5.69 Å². The second kappa shape index (κ2) is 6.58. The summed E-state index contributed by atoms with van der Waals surface area (Å²) in [4.78, 5) is 12.3. The highest BCUT2D eigenvalue weighted by Crippen LogP contribution is 2.45. The third-order valence-electron chi connectivity index (χ3n) is 3.43. The fourth-order valence-electron chi connectivity index (χ4n) is 2.34. The molecule has 1 N–H and O–H groups in total. The van der Waals surface area contributed by atoms with Gasteiger partial charge in [-0.1, -0.05) is 30.3 Å². The molecule has 1 aliphatic heterocycles. The number of thioether (sulfide) groups is 2. The summed E-state index contributed by atoms with van der Waals surface area (Å²) in [5.41, 5.74) is 3.87. The van der Waals surface area contributed by atoms with Crippen LogP contribution in [0.3, 0.4) is 0 Å². The van der Waals surface area contributed by atoms with Gasteiger partial charge in [-0.2, -0.15) is 0 Å². The van der Waals surface area contributed by atoms with E-state index in [9.17, 15) is 4.79 Å². The van der Waals surface area contributed by atoms with Crippen molar-refractivity contribution >= 4 is 35.1 Å². The predicted octanol–water partition coefficient (Wildman–Crippen LogP) is 4.73. The highest BCUT2D eigenvalue weighted by Gasteiger charge is 2.18. The molecular weight excluding hydrogens is 298 g/mol. The summed E-state index contributed by atoms with van der Waals surface area (Å²) >= 11 is 3.94. The first kappa shape index (κ1) is 14.5. The summed E-state index contributed by atoms with van der Waals surface area (Å²) in [5.74, 6) is 2.36. The zero-order valence-electron chi connectivity index (χ0n) is 11.8. The first-order valence-corrected chi connectivity index (χ1v) is 9.04. The number of benzene rings is 2. The Kier molecular flexibility index (Phi) is 4.56. The number of hydrogen-bond acceptors (Lipinski definition) is 3. The Morgan fingerprint density at radius 2 is 1.86 bits per heavy atom. The van der Waals surface area contributed by atoms with E-state index in [4.69, 9.17) is 0 Å². The number of hydrogen-bond donors (Lipinski definition) is 1. The topological polar surface area (TPSA) is 29.1 Å².